The monoisotopic (exact) mass is 360 g/mol. The lowest BCUT2D eigenvalue weighted by Crippen LogP contribution is -2.56. The van der Waals surface area contributed by atoms with E-state index in [4.69, 9.17) is 11.6 Å². The topological polar surface area (TPSA) is 32.3 Å². The lowest BCUT2D eigenvalue weighted by molar-refractivity contribution is -0.173. The minimum Gasteiger partial charge on any atom is -0.343 e. The van der Waals surface area contributed by atoms with Gasteiger partial charge in [0.2, 0.25) is 5.91 Å². The molecule has 1 aliphatic heterocycles. The van der Waals surface area contributed by atoms with Crippen LogP contribution < -0.4 is 5.32 Å². The number of carbonyl (C=O) groups is 1. The standard InChI is InChI=1S/C17H20ClF3N2O/c1-3-9-23-14(12-5-4-6-13(18)10-12)7-8-15(23)16(17(19,20)21)22-11(2)24/h3-6,10,14-16H,1,7-9H2,2H3,(H,22,24)/t14-,15+,16?/m0/s1. The summed E-state index contributed by atoms with van der Waals surface area (Å²) in [6, 6.07) is 4.21. The van der Waals surface area contributed by atoms with E-state index in [1.807, 2.05) is 6.07 Å². The van der Waals surface area contributed by atoms with Crippen LogP contribution in [0.25, 0.3) is 0 Å². The Balaban J connectivity index is 2.33. The molecule has 1 amide bonds. The molecule has 0 saturated carbocycles. The van der Waals surface area contributed by atoms with Crippen molar-refractivity contribution in [3.8, 4) is 0 Å². The molecule has 0 bridgehead atoms. The maximum absolute atomic E-state index is 13.5. The number of carbonyl (C=O) groups excluding carboxylic acids is 1. The average molecular weight is 361 g/mol. The Morgan fingerprint density at radius 1 is 1.50 bits per heavy atom. The molecular formula is C17H20ClF3N2O. The van der Waals surface area contributed by atoms with Crippen LogP contribution in [0.4, 0.5) is 13.2 Å². The summed E-state index contributed by atoms with van der Waals surface area (Å²) in [7, 11) is 0. The van der Waals surface area contributed by atoms with Gasteiger partial charge in [-0.2, -0.15) is 13.2 Å². The van der Waals surface area contributed by atoms with Crippen LogP contribution in [-0.2, 0) is 4.79 Å². The van der Waals surface area contributed by atoms with E-state index in [-0.39, 0.29) is 6.04 Å². The van der Waals surface area contributed by atoms with Gasteiger partial charge >= 0.3 is 6.18 Å². The summed E-state index contributed by atoms with van der Waals surface area (Å²) >= 11 is 6.01. The number of amides is 1. The van der Waals surface area contributed by atoms with Crippen LogP contribution in [-0.4, -0.2) is 35.6 Å². The van der Waals surface area contributed by atoms with E-state index in [1.165, 1.54) is 0 Å². The van der Waals surface area contributed by atoms with Gasteiger partial charge in [-0.1, -0.05) is 29.8 Å². The van der Waals surface area contributed by atoms with Crippen molar-refractivity contribution in [1.29, 1.82) is 0 Å². The van der Waals surface area contributed by atoms with Crippen molar-refractivity contribution in [2.45, 2.75) is 44.1 Å². The number of nitrogens with one attached hydrogen (secondary N) is 1. The van der Waals surface area contributed by atoms with Crippen LogP contribution in [0.5, 0.6) is 0 Å². The molecule has 1 fully saturated rings. The largest absolute Gasteiger partial charge is 0.410 e. The van der Waals surface area contributed by atoms with Crippen molar-refractivity contribution in [3.05, 3.63) is 47.5 Å². The maximum Gasteiger partial charge on any atom is 0.410 e. The van der Waals surface area contributed by atoms with Crippen LogP contribution >= 0.6 is 11.6 Å². The van der Waals surface area contributed by atoms with E-state index in [9.17, 15) is 18.0 Å². The second-order valence-electron chi connectivity index (χ2n) is 5.92. The summed E-state index contributed by atoms with van der Waals surface area (Å²) in [5, 5.41) is 2.61. The van der Waals surface area contributed by atoms with Gasteiger partial charge in [0.1, 0.15) is 6.04 Å². The summed E-state index contributed by atoms with van der Waals surface area (Å²) in [6.07, 6.45) is -2.05. The Morgan fingerprint density at radius 3 is 2.75 bits per heavy atom. The van der Waals surface area contributed by atoms with Crippen LogP contribution in [0, 0.1) is 0 Å². The van der Waals surface area contributed by atoms with Crippen molar-refractivity contribution in [1.82, 2.24) is 10.2 Å². The molecule has 0 spiro atoms. The predicted octanol–water partition coefficient (Wildman–Crippen LogP) is 4.10. The molecule has 0 aliphatic carbocycles. The first kappa shape index (κ1) is 18.8. The number of likely N-dealkylation sites (tertiary alicyclic amines) is 1. The van der Waals surface area contributed by atoms with Gasteiger partial charge in [0.15, 0.2) is 0 Å². The number of hydrogen-bond donors (Lipinski definition) is 1. The van der Waals surface area contributed by atoms with Crippen molar-refractivity contribution in [3.63, 3.8) is 0 Å². The predicted molar refractivity (Wildman–Crippen MR) is 87.8 cm³/mol. The number of hydrogen-bond acceptors (Lipinski definition) is 2. The average Bonchev–Trinajstić information content (AvgIpc) is 2.87. The first-order valence-electron chi connectivity index (χ1n) is 7.70. The Labute approximate surface area is 144 Å². The number of benzene rings is 1. The summed E-state index contributed by atoms with van der Waals surface area (Å²) in [6.45, 7) is 5.05. The molecule has 0 radical (unpaired) electrons. The molecule has 1 aromatic carbocycles. The van der Waals surface area contributed by atoms with Gasteiger partial charge in [0.25, 0.3) is 0 Å². The van der Waals surface area contributed by atoms with Gasteiger partial charge in [0, 0.05) is 30.6 Å². The van der Waals surface area contributed by atoms with Crippen LogP contribution in [0.1, 0.15) is 31.4 Å². The number of halogens is 4. The van der Waals surface area contributed by atoms with E-state index in [0.717, 1.165) is 12.5 Å². The third kappa shape index (κ3) is 4.30. The lowest BCUT2D eigenvalue weighted by atomic mass is 10.0. The van der Waals surface area contributed by atoms with E-state index >= 15 is 0 Å². The molecule has 1 saturated heterocycles. The molecule has 7 heteroatoms. The fraction of sp³-hybridized carbons (Fsp3) is 0.471. The first-order chi connectivity index (χ1) is 11.2. The number of alkyl halides is 3. The van der Waals surface area contributed by atoms with Gasteiger partial charge < -0.3 is 5.32 Å². The third-order valence-electron chi connectivity index (χ3n) is 4.23. The van der Waals surface area contributed by atoms with E-state index in [1.54, 1.807) is 29.2 Å². The molecule has 1 heterocycles. The van der Waals surface area contributed by atoms with E-state index < -0.39 is 24.2 Å². The van der Waals surface area contributed by atoms with E-state index in [2.05, 4.69) is 11.9 Å². The zero-order valence-corrected chi connectivity index (χ0v) is 14.1. The minimum atomic E-state index is -4.51. The Kier molecular flexibility index (Phi) is 5.93. The Morgan fingerprint density at radius 2 is 2.21 bits per heavy atom. The summed E-state index contributed by atoms with van der Waals surface area (Å²) in [5.41, 5.74) is 0.871. The smallest absolute Gasteiger partial charge is 0.343 e. The number of rotatable bonds is 5. The zero-order valence-electron chi connectivity index (χ0n) is 13.3. The van der Waals surface area contributed by atoms with E-state index in [0.29, 0.717) is 24.4 Å². The van der Waals surface area contributed by atoms with Gasteiger partial charge in [-0.25, -0.2) is 0 Å². The minimum absolute atomic E-state index is 0.190. The molecule has 1 unspecified atom stereocenters. The van der Waals surface area contributed by atoms with Crippen molar-refractivity contribution in [2.75, 3.05) is 6.54 Å². The summed E-state index contributed by atoms with van der Waals surface area (Å²) < 4.78 is 40.4. The molecular weight excluding hydrogens is 341 g/mol. The van der Waals surface area contributed by atoms with Gasteiger partial charge in [-0.05, 0) is 30.5 Å². The molecule has 3 atom stereocenters. The first-order valence-corrected chi connectivity index (χ1v) is 8.07. The second-order valence-corrected chi connectivity index (χ2v) is 6.36. The van der Waals surface area contributed by atoms with Crippen LogP contribution in [0.2, 0.25) is 5.02 Å². The van der Waals surface area contributed by atoms with Gasteiger partial charge in [0.05, 0.1) is 0 Å². The molecule has 132 valence electrons. The number of nitrogens with zero attached hydrogens (tertiary/aromatic N) is 1. The zero-order chi connectivity index (χ0) is 17.9. The molecule has 0 aromatic heterocycles. The normalized spacial score (nSPS) is 23.0. The van der Waals surface area contributed by atoms with Crippen molar-refractivity contribution in [2.24, 2.45) is 0 Å². The molecule has 1 N–H and O–H groups in total. The lowest BCUT2D eigenvalue weighted by Gasteiger charge is -2.35. The highest BCUT2D eigenvalue weighted by Gasteiger charge is 2.50. The highest BCUT2D eigenvalue weighted by molar-refractivity contribution is 6.30. The third-order valence-corrected chi connectivity index (χ3v) is 4.47. The Bertz CT molecular complexity index is 606. The fourth-order valence-corrected chi connectivity index (χ4v) is 3.55. The fourth-order valence-electron chi connectivity index (χ4n) is 3.35. The van der Waals surface area contributed by atoms with Crippen molar-refractivity contribution < 1.29 is 18.0 Å². The van der Waals surface area contributed by atoms with Crippen LogP contribution in [0.3, 0.4) is 0 Å². The summed E-state index contributed by atoms with van der Waals surface area (Å²) in [5.74, 6) is -0.693. The molecule has 1 aliphatic rings. The highest BCUT2D eigenvalue weighted by atomic mass is 35.5. The summed E-state index contributed by atoms with van der Waals surface area (Å²) in [4.78, 5) is 13.0. The molecule has 2 rings (SSSR count). The van der Waals surface area contributed by atoms with Crippen molar-refractivity contribution >= 4 is 17.5 Å². The highest BCUT2D eigenvalue weighted by Crippen LogP contribution is 2.41. The van der Waals surface area contributed by atoms with Gasteiger partial charge in [-0.3, -0.25) is 9.69 Å². The van der Waals surface area contributed by atoms with Crippen LogP contribution in [0.15, 0.2) is 36.9 Å². The second kappa shape index (κ2) is 7.57. The molecule has 3 nitrogen and oxygen atoms in total. The van der Waals surface area contributed by atoms with Gasteiger partial charge in [-0.15, -0.1) is 6.58 Å². The SMILES string of the molecule is C=CCN1[C@@H](C(NC(C)=O)C(F)(F)F)CC[C@H]1c1cccc(Cl)c1. The molecule has 24 heavy (non-hydrogen) atoms. The Hall–Kier alpha value is -1.53. The molecule has 1 aromatic rings. The maximum atomic E-state index is 13.5. The quantitative estimate of drug-likeness (QED) is 0.802.